The van der Waals surface area contributed by atoms with Crippen LogP contribution in [-0.2, 0) is 11.3 Å². The number of rotatable bonds is 2. The lowest BCUT2D eigenvalue weighted by Crippen LogP contribution is -2.53. The van der Waals surface area contributed by atoms with Crippen molar-refractivity contribution in [3.8, 4) is 0 Å². The number of ether oxygens (including phenoxy) is 1. The second-order valence-electron chi connectivity index (χ2n) is 6.65. The minimum atomic E-state index is -0.475. The van der Waals surface area contributed by atoms with Gasteiger partial charge in [0.25, 0.3) is 0 Å². The Hall–Kier alpha value is -1.52. The summed E-state index contributed by atoms with van der Waals surface area (Å²) in [4.78, 5) is 20.1. The Morgan fingerprint density at radius 1 is 1.33 bits per heavy atom. The molecule has 1 aromatic rings. The van der Waals surface area contributed by atoms with E-state index in [9.17, 15) is 4.79 Å². The van der Waals surface area contributed by atoms with Gasteiger partial charge >= 0.3 is 6.09 Å². The summed E-state index contributed by atoms with van der Waals surface area (Å²) in [6.07, 6.45) is 1.48. The number of nitrogens with zero attached hydrogens (tertiary/aromatic N) is 4. The van der Waals surface area contributed by atoms with Crippen molar-refractivity contribution >= 4 is 36.0 Å². The topological polar surface area (TPSA) is 99.8 Å². The molecular weight excluding hydrogens is 423 g/mol. The second kappa shape index (κ2) is 8.54. The van der Waals surface area contributed by atoms with E-state index < -0.39 is 5.60 Å². The van der Waals surface area contributed by atoms with Crippen LogP contribution in [0, 0.1) is 6.92 Å². The number of guanidine groups is 1. The van der Waals surface area contributed by atoms with E-state index in [0.717, 1.165) is 11.3 Å². The van der Waals surface area contributed by atoms with Crippen LogP contribution >= 0.6 is 24.0 Å². The summed E-state index contributed by atoms with van der Waals surface area (Å²) < 4.78 is 5.38. The molecule has 1 aromatic heterocycles. The Balaban J connectivity index is 0.00000288. The first-order valence-electron chi connectivity index (χ1n) is 7.78. The molecule has 9 heteroatoms. The van der Waals surface area contributed by atoms with E-state index in [1.165, 1.54) is 0 Å². The molecule has 1 aliphatic heterocycles. The van der Waals surface area contributed by atoms with Crippen molar-refractivity contribution in [3.63, 3.8) is 0 Å². The molecule has 1 saturated heterocycles. The van der Waals surface area contributed by atoms with Crippen molar-refractivity contribution in [1.29, 1.82) is 0 Å². The normalized spacial score (nSPS) is 15.9. The summed E-state index contributed by atoms with van der Waals surface area (Å²) in [5.41, 5.74) is 7.60. The number of aromatic amines is 1. The third kappa shape index (κ3) is 5.84. The number of nitrogens with two attached hydrogens (primary N) is 1. The Labute approximate surface area is 159 Å². The van der Waals surface area contributed by atoms with Gasteiger partial charge < -0.3 is 20.3 Å². The number of aromatic nitrogens is 2. The number of carbonyl (C=O) groups excluding carboxylic acids is 1. The number of carbonyl (C=O) groups is 1. The molecule has 136 valence electrons. The molecule has 1 aliphatic rings. The Bertz CT molecular complexity index is 573. The molecular formula is C15H27IN6O2. The number of piperazine rings is 1. The number of nitrogens with one attached hydrogen (secondary N) is 1. The zero-order chi connectivity index (χ0) is 17.0. The van der Waals surface area contributed by atoms with Gasteiger partial charge in [-0.3, -0.25) is 5.10 Å². The summed E-state index contributed by atoms with van der Waals surface area (Å²) in [5.74, 6) is 0.495. The van der Waals surface area contributed by atoms with Gasteiger partial charge in [-0.2, -0.15) is 5.10 Å². The lowest BCUT2D eigenvalue weighted by molar-refractivity contribution is 0.0186. The standard InChI is InChI=1S/C15H26N6O2.HI/c1-11-12(10-18-19-11)9-17-13(16)20-5-7-21(8-6-20)14(22)23-15(2,3)4;/h10H,5-9H2,1-4H3,(H2,16,17)(H,18,19);1H. The fourth-order valence-electron chi connectivity index (χ4n) is 2.25. The highest BCUT2D eigenvalue weighted by atomic mass is 127. The predicted molar refractivity (Wildman–Crippen MR) is 103 cm³/mol. The van der Waals surface area contributed by atoms with Crippen LogP contribution in [-0.4, -0.2) is 63.8 Å². The average molecular weight is 450 g/mol. The number of amides is 1. The maximum Gasteiger partial charge on any atom is 0.410 e. The van der Waals surface area contributed by atoms with Gasteiger partial charge in [0.05, 0.1) is 12.7 Å². The molecule has 0 spiro atoms. The zero-order valence-electron chi connectivity index (χ0n) is 14.7. The highest BCUT2D eigenvalue weighted by Crippen LogP contribution is 2.12. The quantitative estimate of drug-likeness (QED) is 0.406. The molecule has 2 rings (SSSR count). The molecule has 1 fully saturated rings. The van der Waals surface area contributed by atoms with Gasteiger partial charge in [0.2, 0.25) is 0 Å². The molecule has 0 radical (unpaired) electrons. The molecule has 0 atom stereocenters. The van der Waals surface area contributed by atoms with Gasteiger partial charge in [0.1, 0.15) is 5.60 Å². The van der Waals surface area contributed by atoms with Gasteiger partial charge in [0, 0.05) is 37.4 Å². The molecule has 0 aromatic carbocycles. The van der Waals surface area contributed by atoms with E-state index >= 15 is 0 Å². The highest BCUT2D eigenvalue weighted by Gasteiger charge is 2.26. The van der Waals surface area contributed by atoms with Crippen LogP contribution in [0.1, 0.15) is 32.0 Å². The molecule has 3 N–H and O–H groups in total. The minimum absolute atomic E-state index is 0. The monoisotopic (exact) mass is 450 g/mol. The van der Waals surface area contributed by atoms with Crippen molar-refractivity contribution in [2.24, 2.45) is 10.7 Å². The van der Waals surface area contributed by atoms with E-state index in [1.807, 2.05) is 32.6 Å². The molecule has 0 bridgehead atoms. The van der Waals surface area contributed by atoms with Crippen LogP contribution in [0.5, 0.6) is 0 Å². The first-order valence-corrected chi connectivity index (χ1v) is 7.78. The number of hydrogen-bond acceptors (Lipinski definition) is 4. The van der Waals surface area contributed by atoms with Crippen LogP contribution in [0.4, 0.5) is 4.79 Å². The smallest absolute Gasteiger partial charge is 0.410 e. The lowest BCUT2D eigenvalue weighted by Gasteiger charge is -2.36. The Kier molecular flexibility index (Phi) is 7.30. The SMILES string of the molecule is Cc1[nH]ncc1CN=C(N)N1CCN(C(=O)OC(C)(C)C)CC1.I. The number of hydrogen-bond donors (Lipinski definition) is 2. The average Bonchev–Trinajstić information content (AvgIpc) is 2.88. The van der Waals surface area contributed by atoms with E-state index in [-0.39, 0.29) is 30.1 Å². The summed E-state index contributed by atoms with van der Waals surface area (Å²) in [7, 11) is 0. The fraction of sp³-hybridized carbons (Fsp3) is 0.667. The van der Waals surface area contributed by atoms with Gasteiger partial charge in [0.15, 0.2) is 5.96 Å². The first-order chi connectivity index (χ1) is 10.8. The summed E-state index contributed by atoms with van der Waals surface area (Å²) in [5, 5.41) is 6.84. The van der Waals surface area contributed by atoms with Crippen molar-refractivity contribution in [1.82, 2.24) is 20.0 Å². The van der Waals surface area contributed by atoms with Gasteiger partial charge in [-0.1, -0.05) is 0 Å². The zero-order valence-corrected chi connectivity index (χ0v) is 17.0. The summed E-state index contributed by atoms with van der Waals surface area (Å²) in [6, 6.07) is 0. The Morgan fingerprint density at radius 3 is 2.42 bits per heavy atom. The van der Waals surface area contributed by atoms with Crippen LogP contribution < -0.4 is 5.73 Å². The third-order valence-corrected chi connectivity index (χ3v) is 3.60. The van der Waals surface area contributed by atoms with Crippen LogP contribution in [0.15, 0.2) is 11.2 Å². The van der Waals surface area contributed by atoms with E-state index in [2.05, 4.69) is 15.2 Å². The molecule has 24 heavy (non-hydrogen) atoms. The highest BCUT2D eigenvalue weighted by molar-refractivity contribution is 14.0. The molecule has 1 amide bonds. The second-order valence-corrected chi connectivity index (χ2v) is 6.65. The van der Waals surface area contributed by atoms with E-state index in [4.69, 9.17) is 10.5 Å². The van der Waals surface area contributed by atoms with Crippen LogP contribution in [0.25, 0.3) is 0 Å². The molecule has 2 heterocycles. The van der Waals surface area contributed by atoms with Gasteiger partial charge in [-0.15, -0.1) is 24.0 Å². The van der Waals surface area contributed by atoms with Crippen LogP contribution in [0.3, 0.4) is 0 Å². The van der Waals surface area contributed by atoms with Crippen molar-refractivity contribution in [2.45, 2.75) is 39.8 Å². The molecule has 8 nitrogen and oxygen atoms in total. The number of aliphatic imine (C=N–C) groups is 1. The van der Waals surface area contributed by atoms with Crippen molar-refractivity contribution in [2.75, 3.05) is 26.2 Å². The van der Waals surface area contributed by atoms with Crippen LogP contribution in [0.2, 0.25) is 0 Å². The predicted octanol–water partition coefficient (Wildman–Crippen LogP) is 1.70. The summed E-state index contributed by atoms with van der Waals surface area (Å²) >= 11 is 0. The van der Waals surface area contributed by atoms with Gasteiger partial charge in [-0.05, 0) is 27.7 Å². The maximum atomic E-state index is 12.0. The Morgan fingerprint density at radius 2 is 1.92 bits per heavy atom. The first kappa shape index (κ1) is 20.5. The lowest BCUT2D eigenvalue weighted by atomic mass is 10.2. The molecule has 0 unspecified atom stereocenters. The van der Waals surface area contributed by atoms with E-state index in [0.29, 0.717) is 38.7 Å². The number of aryl methyl sites for hydroxylation is 1. The molecule has 0 saturated carbocycles. The van der Waals surface area contributed by atoms with Crippen molar-refractivity contribution < 1.29 is 9.53 Å². The van der Waals surface area contributed by atoms with E-state index in [1.54, 1.807) is 11.1 Å². The number of halogens is 1. The third-order valence-electron chi connectivity index (χ3n) is 3.60. The molecule has 0 aliphatic carbocycles. The summed E-state index contributed by atoms with van der Waals surface area (Å²) in [6.45, 7) is 10.5. The minimum Gasteiger partial charge on any atom is -0.444 e. The number of H-pyrrole nitrogens is 1. The fourth-order valence-corrected chi connectivity index (χ4v) is 2.25. The van der Waals surface area contributed by atoms with Gasteiger partial charge in [-0.25, -0.2) is 9.79 Å². The largest absolute Gasteiger partial charge is 0.444 e. The maximum absolute atomic E-state index is 12.0. The van der Waals surface area contributed by atoms with Crippen molar-refractivity contribution in [3.05, 3.63) is 17.5 Å².